The highest BCUT2D eigenvalue weighted by molar-refractivity contribution is 9.10. The van der Waals surface area contributed by atoms with E-state index in [1.807, 2.05) is 36.4 Å². The standard InChI is InChI=1S/C17H15BrN2O4/c18-13-7-6-12-8-14(16(21)20(23)15(12)9-13)19-17(22)24-10-11-4-2-1-3-5-11/h1-7,9,14,23H,8,10H2,(H,19,22). The molecule has 0 radical (unpaired) electrons. The number of amides is 2. The minimum Gasteiger partial charge on any atom is -0.445 e. The maximum Gasteiger partial charge on any atom is 0.408 e. The van der Waals surface area contributed by atoms with Gasteiger partial charge >= 0.3 is 6.09 Å². The zero-order valence-electron chi connectivity index (χ0n) is 12.6. The van der Waals surface area contributed by atoms with Crippen LogP contribution in [0.2, 0.25) is 0 Å². The van der Waals surface area contributed by atoms with E-state index in [-0.39, 0.29) is 6.61 Å². The number of hydroxylamine groups is 1. The van der Waals surface area contributed by atoms with Gasteiger partial charge in [-0.3, -0.25) is 10.0 Å². The number of carbonyl (C=O) groups is 2. The Morgan fingerprint density at radius 1 is 1.29 bits per heavy atom. The van der Waals surface area contributed by atoms with Crippen LogP contribution >= 0.6 is 15.9 Å². The molecule has 0 fully saturated rings. The Bertz CT molecular complexity index is 766. The molecule has 2 aromatic rings. The van der Waals surface area contributed by atoms with Crippen molar-refractivity contribution in [1.82, 2.24) is 5.32 Å². The van der Waals surface area contributed by atoms with Crippen molar-refractivity contribution in [1.29, 1.82) is 0 Å². The molecule has 24 heavy (non-hydrogen) atoms. The number of carbonyl (C=O) groups excluding carboxylic acids is 2. The summed E-state index contributed by atoms with van der Waals surface area (Å²) < 4.78 is 5.86. The van der Waals surface area contributed by atoms with Gasteiger partial charge in [0, 0.05) is 10.9 Å². The number of hydrogen-bond acceptors (Lipinski definition) is 4. The Morgan fingerprint density at radius 2 is 2.04 bits per heavy atom. The molecular weight excluding hydrogens is 376 g/mol. The molecule has 3 rings (SSSR count). The van der Waals surface area contributed by atoms with E-state index in [0.29, 0.717) is 17.2 Å². The van der Waals surface area contributed by atoms with Crippen LogP contribution in [0.5, 0.6) is 0 Å². The molecule has 1 aliphatic rings. The van der Waals surface area contributed by atoms with E-state index in [1.165, 1.54) is 0 Å². The topological polar surface area (TPSA) is 78.9 Å². The average Bonchev–Trinajstić information content (AvgIpc) is 2.59. The quantitative estimate of drug-likeness (QED) is 0.789. The van der Waals surface area contributed by atoms with Crippen LogP contribution in [0.15, 0.2) is 53.0 Å². The molecule has 0 saturated heterocycles. The van der Waals surface area contributed by atoms with Gasteiger partial charge in [-0.05, 0) is 23.3 Å². The number of nitrogens with zero attached hydrogens (tertiary/aromatic N) is 1. The van der Waals surface area contributed by atoms with Crippen molar-refractivity contribution in [3.05, 3.63) is 64.1 Å². The van der Waals surface area contributed by atoms with Crippen molar-refractivity contribution in [2.24, 2.45) is 0 Å². The number of benzene rings is 2. The lowest BCUT2D eigenvalue weighted by Crippen LogP contribution is -2.51. The van der Waals surface area contributed by atoms with Crippen molar-refractivity contribution in [2.45, 2.75) is 19.1 Å². The summed E-state index contributed by atoms with van der Waals surface area (Å²) in [6.07, 6.45) is -0.412. The molecule has 0 bridgehead atoms. The van der Waals surface area contributed by atoms with Crippen LogP contribution in [0.3, 0.4) is 0 Å². The summed E-state index contributed by atoms with van der Waals surface area (Å²) in [6.45, 7) is 0.111. The van der Waals surface area contributed by atoms with Crippen LogP contribution in [0, 0.1) is 0 Å². The van der Waals surface area contributed by atoms with Crippen LogP contribution < -0.4 is 10.4 Å². The number of anilines is 1. The van der Waals surface area contributed by atoms with Crippen LogP contribution in [0.25, 0.3) is 0 Å². The van der Waals surface area contributed by atoms with E-state index < -0.39 is 18.0 Å². The SMILES string of the molecule is O=C(NC1Cc2ccc(Br)cc2N(O)C1=O)OCc1ccccc1. The number of rotatable bonds is 3. The maximum absolute atomic E-state index is 12.2. The number of fused-ring (bicyclic) bond motifs is 1. The van der Waals surface area contributed by atoms with Gasteiger partial charge in [0.1, 0.15) is 12.6 Å². The Hall–Kier alpha value is -2.38. The predicted molar refractivity (Wildman–Crippen MR) is 90.7 cm³/mol. The van der Waals surface area contributed by atoms with Crippen molar-refractivity contribution in [3.63, 3.8) is 0 Å². The van der Waals surface area contributed by atoms with Crippen LogP contribution in [0.4, 0.5) is 10.5 Å². The molecular formula is C17H15BrN2O4. The lowest BCUT2D eigenvalue weighted by molar-refractivity contribution is -0.126. The lowest BCUT2D eigenvalue weighted by Gasteiger charge is -2.30. The molecule has 1 heterocycles. The average molecular weight is 391 g/mol. The third-order valence-electron chi connectivity index (χ3n) is 3.71. The van der Waals surface area contributed by atoms with Crippen LogP contribution in [-0.2, 0) is 22.6 Å². The molecule has 2 N–H and O–H groups in total. The minimum absolute atomic E-state index is 0.111. The van der Waals surface area contributed by atoms with Gasteiger partial charge in [0.25, 0.3) is 5.91 Å². The van der Waals surface area contributed by atoms with E-state index >= 15 is 0 Å². The highest BCUT2D eigenvalue weighted by Gasteiger charge is 2.33. The molecule has 0 aliphatic carbocycles. The van der Waals surface area contributed by atoms with Gasteiger partial charge in [0.15, 0.2) is 0 Å². The first-order valence-corrected chi connectivity index (χ1v) is 8.12. The third-order valence-corrected chi connectivity index (χ3v) is 4.20. The van der Waals surface area contributed by atoms with Gasteiger partial charge in [-0.15, -0.1) is 0 Å². The number of alkyl carbamates (subject to hydrolysis) is 1. The smallest absolute Gasteiger partial charge is 0.408 e. The normalized spacial score (nSPS) is 16.5. The molecule has 6 nitrogen and oxygen atoms in total. The summed E-state index contributed by atoms with van der Waals surface area (Å²) in [5.41, 5.74) is 2.01. The summed E-state index contributed by atoms with van der Waals surface area (Å²) in [5.74, 6) is -0.600. The first-order chi connectivity index (χ1) is 11.5. The number of nitrogens with one attached hydrogen (secondary N) is 1. The summed E-state index contributed by atoms with van der Waals surface area (Å²) in [4.78, 5) is 24.1. The molecule has 1 aliphatic heterocycles. The van der Waals surface area contributed by atoms with Gasteiger partial charge in [-0.1, -0.05) is 52.3 Å². The van der Waals surface area contributed by atoms with Gasteiger partial charge in [-0.25, -0.2) is 4.79 Å². The van der Waals surface area contributed by atoms with Crippen LogP contribution in [0.1, 0.15) is 11.1 Å². The Labute approximate surface area is 147 Å². The van der Waals surface area contributed by atoms with E-state index in [2.05, 4.69) is 21.2 Å². The van der Waals surface area contributed by atoms with Gasteiger partial charge in [-0.2, -0.15) is 5.06 Å². The molecule has 7 heteroatoms. The molecule has 2 amide bonds. The first kappa shape index (κ1) is 16.5. The summed E-state index contributed by atoms with van der Waals surface area (Å²) in [6, 6.07) is 13.6. The second-order valence-corrected chi connectivity index (χ2v) is 6.30. The number of hydrogen-bond donors (Lipinski definition) is 2. The van der Waals surface area contributed by atoms with Gasteiger partial charge < -0.3 is 10.1 Å². The van der Waals surface area contributed by atoms with E-state index in [0.717, 1.165) is 15.6 Å². The fourth-order valence-electron chi connectivity index (χ4n) is 2.50. The third kappa shape index (κ3) is 3.58. The second-order valence-electron chi connectivity index (χ2n) is 5.39. The first-order valence-electron chi connectivity index (χ1n) is 7.33. The summed E-state index contributed by atoms with van der Waals surface area (Å²) >= 11 is 3.30. The fraction of sp³-hybridized carbons (Fsp3) is 0.176. The monoisotopic (exact) mass is 390 g/mol. The van der Waals surface area contributed by atoms with Gasteiger partial charge in [0.05, 0.1) is 5.69 Å². The number of halogens is 1. The minimum atomic E-state index is -0.869. The van der Waals surface area contributed by atoms with Crippen molar-refractivity contribution < 1.29 is 19.5 Å². The lowest BCUT2D eigenvalue weighted by atomic mass is 9.99. The van der Waals surface area contributed by atoms with Gasteiger partial charge in [0.2, 0.25) is 0 Å². The molecule has 2 aromatic carbocycles. The fourth-order valence-corrected chi connectivity index (χ4v) is 2.85. The Kier molecular flexibility index (Phi) is 4.82. The molecule has 1 unspecified atom stereocenters. The molecule has 0 aromatic heterocycles. The molecule has 1 atom stereocenters. The largest absolute Gasteiger partial charge is 0.445 e. The van der Waals surface area contributed by atoms with Crippen molar-refractivity contribution in [2.75, 3.05) is 5.06 Å². The second kappa shape index (κ2) is 7.02. The van der Waals surface area contributed by atoms with Crippen LogP contribution in [-0.4, -0.2) is 23.2 Å². The van der Waals surface area contributed by atoms with E-state index in [1.54, 1.807) is 12.1 Å². The highest BCUT2D eigenvalue weighted by Crippen LogP contribution is 2.29. The predicted octanol–water partition coefficient (Wildman–Crippen LogP) is 3.02. The molecule has 0 spiro atoms. The Balaban J connectivity index is 1.64. The van der Waals surface area contributed by atoms with E-state index in [4.69, 9.17) is 4.74 Å². The summed E-state index contributed by atoms with van der Waals surface area (Å²) in [5, 5.41) is 13.1. The molecule has 124 valence electrons. The maximum atomic E-state index is 12.2. The molecule has 0 saturated carbocycles. The Morgan fingerprint density at radius 3 is 2.79 bits per heavy atom. The van der Waals surface area contributed by atoms with Crippen molar-refractivity contribution >= 4 is 33.6 Å². The number of ether oxygens (including phenoxy) is 1. The zero-order chi connectivity index (χ0) is 17.1. The van der Waals surface area contributed by atoms with E-state index in [9.17, 15) is 14.8 Å². The summed E-state index contributed by atoms with van der Waals surface area (Å²) in [7, 11) is 0. The zero-order valence-corrected chi connectivity index (χ0v) is 14.2. The van der Waals surface area contributed by atoms with Crippen molar-refractivity contribution in [3.8, 4) is 0 Å². The highest BCUT2D eigenvalue weighted by atomic mass is 79.9.